The first-order chi connectivity index (χ1) is 8.58. The third-order valence-corrected chi connectivity index (χ3v) is 2.35. The van der Waals surface area contributed by atoms with Crippen molar-refractivity contribution in [2.45, 2.75) is 6.54 Å². The summed E-state index contributed by atoms with van der Waals surface area (Å²) in [5, 5.41) is 6.57. The number of halogens is 1. The molecule has 3 N–H and O–H groups in total. The molecule has 0 bridgehead atoms. The zero-order valence-electron chi connectivity index (χ0n) is 9.72. The quantitative estimate of drug-likeness (QED) is 0.774. The Morgan fingerprint density at radius 1 is 1.56 bits per heavy atom. The summed E-state index contributed by atoms with van der Waals surface area (Å²) in [7, 11) is 1.73. The van der Waals surface area contributed by atoms with Crippen LogP contribution in [0.15, 0.2) is 24.5 Å². The fourth-order valence-electron chi connectivity index (χ4n) is 1.45. The molecule has 94 valence electrons. The van der Waals surface area contributed by atoms with Gasteiger partial charge in [-0.05, 0) is 12.1 Å². The van der Waals surface area contributed by atoms with E-state index in [1.807, 2.05) is 0 Å². The van der Waals surface area contributed by atoms with E-state index in [0.717, 1.165) is 0 Å². The molecule has 0 aliphatic carbocycles. The second-order valence-electron chi connectivity index (χ2n) is 3.72. The molecule has 0 atom stereocenters. The van der Waals surface area contributed by atoms with Crippen LogP contribution in [0.4, 0.5) is 10.1 Å². The van der Waals surface area contributed by atoms with Crippen LogP contribution in [-0.2, 0) is 13.6 Å². The van der Waals surface area contributed by atoms with Gasteiger partial charge in [0.1, 0.15) is 12.1 Å². The number of hydrogen-bond donors (Lipinski definition) is 2. The van der Waals surface area contributed by atoms with Crippen molar-refractivity contribution < 1.29 is 9.18 Å². The number of nitrogens with two attached hydrogens (primary N) is 1. The largest absolute Gasteiger partial charge is 0.396 e. The lowest BCUT2D eigenvalue weighted by atomic mass is 10.1. The first-order valence-electron chi connectivity index (χ1n) is 5.24. The molecular weight excluding hydrogens is 237 g/mol. The average molecular weight is 249 g/mol. The Hall–Kier alpha value is -2.44. The summed E-state index contributed by atoms with van der Waals surface area (Å²) in [4.78, 5) is 15.7. The number of nitrogens with zero attached hydrogens (tertiary/aromatic N) is 3. The molecule has 2 rings (SSSR count). The maximum atomic E-state index is 13.2. The van der Waals surface area contributed by atoms with Crippen LogP contribution in [0, 0.1) is 5.82 Å². The molecule has 0 aliphatic heterocycles. The first-order valence-corrected chi connectivity index (χ1v) is 5.24. The zero-order valence-corrected chi connectivity index (χ0v) is 9.72. The van der Waals surface area contributed by atoms with Gasteiger partial charge >= 0.3 is 0 Å². The Labute approximate surface area is 103 Å². The van der Waals surface area contributed by atoms with Crippen molar-refractivity contribution in [1.29, 1.82) is 0 Å². The molecule has 1 amide bonds. The normalized spacial score (nSPS) is 10.3. The minimum absolute atomic E-state index is 0.103. The molecule has 6 nitrogen and oxygen atoms in total. The van der Waals surface area contributed by atoms with Gasteiger partial charge in [-0.25, -0.2) is 9.37 Å². The molecule has 0 spiro atoms. The third kappa shape index (κ3) is 2.45. The van der Waals surface area contributed by atoms with Crippen LogP contribution in [0.25, 0.3) is 0 Å². The minimum atomic E-state index is -0.612. The molecule has 0 saturated heterocycles. The van der Waals surface area contributed by atoms with Crippen LogP contribution in [0.5, 0.6) is 0 Å². The molecule has 0 unspecified atom stereocenters. The number of para-hydroxylation sites is 1. The lowest BCUT2D eigenvalue weighted by molar-refractivity contribution is 0.0950. The van der Waals surface area contributed by atoms with Gasteiger partial charge in [0, 0.05) is 7.05 Å². The van der Waals surface area contributed by atoms with Gasteiger partial charge in [0.05, 0.1) is 17.8 Å². The fourth-order valence-corrected chi connectivity index (χ4v) is 1.45. The third-order valence-electron chi connectivity index (χ3n) is 2.35. The number of carbonyl (C=O) groups excluding carboxylic acids is 1. The van der Waals surface area contributed by atoms with Crippen LogP contribution in [-0.4, -0.2) is 20.7 Å². The van der Waals surface area contributed by atoms with E-state index in [9.17, 15) is 9.18 Å². The lowest BCUT2D eigenvalue weighted by Gasteiger charge is -2.06. The second-order valence-corrected chi connectivity index (χ2v) is 3.72. The van der Waals surface area contributed by atoms with Crippen molar-refractivity contribution in [2.24, 2.45) is 7.05 Å². The minimum Gasteiger partial charge on any atom is -0.396 e. The van der Waals surface area contributed by atoms with Gasteiger partial charge in [0.2, 0.25) is 0 Å². The molecule has 1 aromatic carbocycles. The molecule has 2 aromatic rings. The Morgan fingerprint density at radius 2 is 2.33 bits per heavy atom. The van der Waals surface area contributed by atoms with E-state index in [1.54, 1.807) is 7.05 Å². The number of rotatable bonds is 3. The molecule has 0 saturated carbocycles. The van der Waals surface area contributed by atoms with Gasteiger partial charge in [-0.2, -0.15) is 5.10 Å². The SMILES string of the molecule is Cn1cnc(CNC(=O)c2cccc(F)c2N)n1. The van der Waals surface area contributed by atoms with Crippen LogP contribution in [0.1, 0.15) is 16.2 Å². The van der Waals surface area contributed by atoms with Crippen molar-refractivity contribution in [3.8, 4) is 0 Å². The summed E-state index contributed by atoms with van der Waals surface area (Å²) in [5.74, 6) is -0.598. The highest BCUT2D eigenvalue weighted by Gasteiger charge is 2.12. The van der Waals surface area contributed by atoms with Gasteiger partial charge in [0.25, 0.3) is 5.91 Å². The maximum absolute atomic E-state index is 13.2. The number of amides is 1. The number of benzene rings is 1. The van der Waals surface area contributed by atoms with Crippen LogP contribution >= 0.6 is 0 Å². The number of nitrogen functional groups attached to an aromatic ring is 1. The van der Waals surface area contributed by atoms with Crippen molar-refractivity contribution in [1.82, 2.24) is 20.1 Å². The van der Waals surface area contributed by atoms with Gasteiger partial charge < -0.3 is 11.1 Å². The fraction of sp³-hybridized carbons (Fsp3) is 0.182. The van der Waals surface area contributed by atoms with E-state index in [2.05, 4.69) is 15.4 Å². The number of nitrogens with one attached hydrogen (secondary N) is 1. The molecule has 1 aromatic heterocycles. The topological polar surface area (TPSA) is 85.8 Å². The molecule has 18 heavy (non-hydrogen) atoms. The number of aryl methyl sites for hydroxylation is 1. The molecule has 1 heterocycles. The molecule has 7 heteroatoms. The smallest absolute Gasteiger partial charge is 0.253 e. The van der Waals surface area contributed by atoms with E-state index in [1.165, 1.54) is 29.2 Å². The summed E-state index contributed by atoms with van der Waals surface area (Å²) in [6.45, 7) is 0.162. The first kappa shape index (κ1) is 12.0. The predicted octanol–water partition coefficient (Wildman–Crippen LogP) is 0.466. The van der Waals surface area contributed by atoms with Crippen molar-refractivity contribution in [2.75, 3.05) is 5.73 Å². The predicted molar refractivity (Wildman–Crippen MR) is 63.0 cm³/mol. The van der Waals surface area contributed by atoms with Crippen molar-refractivity contribution >= 4 is 11.6 Å². The van der Waals surface area contributed by atoms with E-state index < -0.39 is 11.7 Å². The lowest BCUT2D eigenvalue weighted by Crippen LogP contribution is -2.24. The van der Waals surface area contributed by atoms with Crippen LogP contribution in [0.3, 0.4) is 0 Å². The average Bonchev–Trinajstić information content (AvgIpc) is 2.76. The van der Waals surface area contributed by atoms with Crippen molar-refractivity contribution in [3.05, 3.63) is 41.7 Å². The summed E-state index contributed by atoms with van der Waals surface area (Å²) < 4.78 is 14.7. The van der Waals surface area contributed by atoms with Gasteiger partial charge in [-0.15, -0.1) is 0 Å². The Kier molecular flexibility index (Phi) is 3.22. The molecular formula is C11H12FN5O. The molecule has 0 radical (unpaired) electrons. The van der Waals surface area contributed by atoms with Gasteiger partial charge in [0.15, 0.2) is 5.82 Å². The maximum Gasteiger partial charge on any atom is 0.253 e. The summed E-state index contributed by atoms with van der Waals surface area (Å²) >= 11 is 0. The highest BCUT2D eigenvalue weighted by molar-refractivity contribution is 5.99. The Bertz CT molecular complexity index is 581. The van der Waals surface area contributed by atoms with E-state index in [0.29, 0.717) is 5.82 Å². The van der Waals surface area contributed by atoms with E-state index in [4.69, 9.17) is 5.73 Å². The number of anilines is 1. The van der Waals surface area contributed by atoms with Crippen molar-refractivity contribution in [3.63, 3.8) is 0 Å². The molecule has 0 aliphatic rings. The monoisotopic (exact) mass is 249 g/mol. The summed E-state index contributed by atoms with van der Waals surface area (Å²) in [6.07, 6.45) is 1.53. The highest BCUT2D eigenvalue weighted by Crippen LogP contribution is 2.15. The van der Waals surface area contributed by atoms with Gasteiger partial charge in [-0.1, -0.05) is 6.07 Å². The van der Waals surface area contributed by atoms with Gasteiger partial charge in [-0.3, -0.25) is 9.48 Å². The number of aromatic nitrogens is 3. The van der Waals surface area contributed by atoms with E-state index in [-0.39, 0.29) is 17.8 Å². The standard InChI is InChI=1S/C11H12FN5O/c1-17-6-15-9(16-17)5-14-11(18)7-3-2-4-8(12)10(7)13/h2-4,6H,5,13H2,1H3,(H,14,18). The molecule has 0 fully saturated rings. The van der Waals surface area contributed by atoms with Crippen LogP contribution in [0.2, 0.25) is 0 Å². The Morgan fingerprint density at radius 3 is 3.00 bits per heavy atom. The zero-order chi connectivity index (χ0) is 13.1. The summed E-state index contributed by atoms with van der Waals surface area (Å²) in [5.41, 5.74) is 5.43. The highest BCUT2D eigenvalue weighted by atomic mass is 19.1. The summed E-state index contributed by atoms with van der Waals surface area (Å²) in [6, 6.07) is 4.09. The second kappa shape index (κ2) is 4.82. The van der Waals surface area contributed by atoms with E-state index >= 15 is 0 Å². The number of hydrogen-bond acceptors (Lipinski definition) is 4. The Balaban J connectivity index is 2.06. The number of carbonyl (C=O) groups is 1. The van der Waals surface area contributed by atoms with Crippen LogP contribution < -0.4 is 11.1 Å².